The number of sulfonamides is 1. The van der Waals surface area contributed by atoms with Gasteiger partial charge in [0.15, 0.2) is 6.10 Å². The minimum Gasteiger partial charge on any atom is -0.480 e. The number of rotatable bonds is 7. The van der Waals surface area contributed by atoms with Crippen molar-refractivity contribution in [2.24, 2.45) is 0 Å². The summed E-state index contributed by atoms with van der Waals surface area (Å²) in [5.74, 6) is 0.453. The third-order valence-electron chi connectivity index (χ3n) is 5.96. The van der Waals surface area contributed by atoms with Gasteiger partial charge in [0, 0.05) is 32.6 Å². The van der Waals surface area contributed by atoms with Crippen molar-refractivity contribution in [2.45, 2.75) is 44.1 Å². The molecular formula is C23H29N3O4S. The lowest BCUT2D eigenvalue weighted by Gasteiger charge is -2.24. The smallest absolute Gasteiger partial charge is 0.265 e. The van der Waals surface area contributed by atoms with Crippen LogP contribution < -0.4 is 15.0 Å². The summed E-state index contributed by atoms with van der Waals surface area (Å²) in [7, 11) is -3.63. The number of hydrogen-bond acceptors (Lipinski definition) is 5. The van der Waals surface area contributed by atoms with Crippen molar-refractivity contribution in [3.8, 4) is 5.75 Å². The standard InChI is InChI=1S/C23H29N3O4S/c1-3-26(4-2)31(28,29)18-11-12-20(25-13-7-8-14-25)19(16-18)24-23(27)22-15-17-9-5-6-10-21(17)30-22/h5-6,9-12,16,22H,3-4,7-8,13-15H2,1-2H3,(H,24,27)/t22-/m1/s1. The van der Waals surface area contributed by atoms with Crippen molar-refractivity contribution in [3.05, 3.63) is 48.0 Å². The molecule has 0 saturated carbocycles. The van der Waals surface area contributed by atoms with E-state index < -0.39 is 16.1 Å². The molecule has 166 valence electrons. The predicted molar refractivity (Wildman–Crippen MR) is 121 cm³/mol. The number of anilines is 2. The first-order valence-electron chi connectivity index (χ1n) is 10.9. The Labute approximate surface area is 184 Å². The zero-order valence-electron chi connectivity index (χ0n) is 18.0. The average molecular weight is 444 g/mol. The van der Waals surface area contributed by atoms with Gasteiger partial charge in [0.05, 0.1) is 16.3 Å². The van der Waals surface area contributed by atoms with Gasteiger partial charge in [0.1, 0.15) is 5.75 Å². The van der Waals surface area contributed by atoms with Crippen molar-refractivity contribution < 1.29 is 17.9 Å². The van der Waals surface area contributed by atoms with E-state index >= 15 is 0 Å². The quantitative estimate of drug-likeness (QED) is 0.711. The molecule has 2 heterocycles. The molecule has 8 heteroatoms. The number of carbonyl (C=O) groups is 1. The van der Waals surface area contributed by atoms with E-state index in [0.717, 1.165) is 42.9 Å². The fourth-order valence-electron chi connectivity index (χ4n) is 4.26. The molecule has 2 aliphatic heterocycles. The summed E-state index contributed by atoms with van der Waals surface area (Å²) in [6.45, 7) is 6.19. The van der Waals surface area contributed by atoms with Gasteiger partial charge < -0.3 is 15.0 Å². The summed E-state index contributed by atoms with van der Waals surface area (Å²) in [6, 6.07) is 12.6. The van der Waals surface area contributed by atoms with Gasteiger partial charge in [0.25, 0.3) is 5.91 Å². The molecular weight excluding hydrogens is 414 g/mol. The Kier molecular flexibility index (Phi) is 6.20. The Bertz CT molecular complexity index is 1040. The largest absolute Gasteiger partial charge is 0.480 e. The Morgan fingerprint density at radius 1 is 1.13 bits per heavy atom. The van der Waals surface area contributed by atoms with Crippen LogP contribution in [0.5, 0.6) is 5.75 Å². The number of ether oxygens (including phenoxy) is 1. The first kappa shape index (κ1) is 21.6. The zero-order chi connectivity index (χ0) is 22.0. The fraction of sp³-hybridized carbons (Fsp3) is 0.435. The molecule has 1 atom stereocenters. The number of carbonyl (C=O) groups excluding carboxylic acids is 1. The molecule has 0 unspecified atom stereocenters. The molecule has 0 aromatic heterocycles. The van der Waals surface area contributed by atoms with E-state index in [0.29, 0.717) is 25.2 Å². The molecule has 0 spiro atoms. The maximum Gasteiger partial charge on any atom is 0.265 e. The van der Waals surface area contributed by atoms with E-state index in [-0.39, 0.29) is 10.8 Å². The highest BCUT2D eigenvalue weighted by Gasteiger charge is 2.31. The summed E-state index contributed by atoms with van der Waals surface area (Å²) >= 11 is 0. The van der Waals surface area contributed by atoms with Crippen molar-refractivity contribution in [1.82, 2.24) is 4.31 Å². The van der Waals surface area contributed by atoms with Crippen molar-refractivity contribution in [2.75, 3.05) is 36.4 Å². The van der Waals surface area contributed by atoms with Crippen LogP contribution >= 0.6 is 0 Å². The Balaban J connectivity index is 1.63. The Morgan fingerprint density at radius 3 is 2.52 bits per heavy atom. The molecule has 4 rings (SSSR count). The van der Waals surface area contributed by atoms with Crippen LogP contribution in [-0.2, 0) is 21.2 Å². The monoisotopic (exact) mass is 443 g/mol. The van der Waals surface area contributed by atoms with Crippen LogP contribution in [0.2, 0.25) is 0 Å². The first-order chi connectivity index (χ1) is 14.9. The zero-order valence-corrected chi connectivity index (χ0v) is 18.8. The van der Waals surface area contributed by atoms with E-state index in [4.69, 9.17) is 4.74 Å². The lowest BCUT2D eigenvalue weighted by atomic mass is 10.1. The van der Waals surface area contributed by atoms with Crippen molar-refractivity contribution >= 4 is 27.3 Å². The summed E-state index contributed by atoms with van der Waals surface area (Å²) < 4.78 is 33.3. The topological polar surface area (TPSA) is 79.0 Å². The molecule has 1 fully saturated rings. The van der Waals surface area contributed by atoms with Crippen LogP contribution in [0.1, 0.15) is 32.3 Å². The van der Waals surface area contributed by atoms with E-state index in [1.165, 1.54) is 4.31 Å². The molecule has 1 amide bonds. The number of nitrogens with one attached hydrogen (secondary N) is 1. The number of nitrogens with zero attached hydrogens (tertiary/aromatic N) is 2. The highest BCUT2D eigenvalue weighted by atomic mass is 32.2. The van der Waals surface area contributed by atoms with Crippen molar-refractivity contribution in [3.63, 3.8) is 0 Å². The van der Waals surface area contributed by atoms with Crippen LogP contribution in [0.15, 0.2) is 47.4 Å². The number of hydrogen-bond donors (Lipinski definition) is 1. The lowest BCUT2D eigenvalue weighted by Crippen LogP contribution is -2.33. The fourth-order valence-corrected chi connectivity index (χ4v) is 5.75. The molecule has 1 N–H and O–H groups in total. The lowest BCUT2D eigenvalue weighted by molar-refractivity contribution is -0.122. The number of amides is 1. The predicted octanol–water partition coefficient (Wildman–Crippen LogP) is 3.26. The second-order valence-electron chi connectivity index (χ2n) is 7.87. The molecule has 1 saturated heterocycles. The molecule has 0 aliphatic carbocycles. The van der Waals surface area contributed by atoms with Crippen LogP contribution in [0, 0.1) is 0 Å². The normalized spacial score (nSPS) is 18.2. The van der Waals surface area contributed by atoms with E-state index in [9.17, 15) is 13.2 Å². The summed E-state index contributed by atoms with van der Waals surface area (Å²) in [5, 5.41) is 2.96. The Hall–Kier alpha value is -2.58. The van der Waals surface area contributed by atoms with E-state index in [1.807, 2.05) is 44.2 Å². The second-order valence-corrected chi connectivity index (χ2v) is 9.81. The first-order valence-corrected chi connectivity index (χ1v) is 12.3. The third-order valence-corrected chi connectivity index (χ3v) is 8.00. The number of para-hydroxylation sites is 1. The summed E-state index contributed by atoms with van der Waals surface area (Å²) in [4.78, 5) is 15.4. The van der Waals surface area contributed by atoms with Crippen molar-refractivity contribution in [1.29, 1.82) is 0 Å². The van der Waals surface area contributed by atoms with Gasteiger partial charge in [-0.1, -0.05) is 32.0 Å². The van der Waals surface area contributed by atoms with Gasteiger partial charge in [-0.25, -0.2) is 8.42 Å². The highest BCUT2D eigenvalue weighted by Crippen LogP contribution is 2.34. The molecule has 2 aromatic carbocycles. The molecule has 2 aliphatic rings. The SMILES string of the molecule is CCN(CC)S(=O)(=O)c1ccc(N2CCCC2)c(NC(=O)[C@H]2Cc3ccccc3O2)c1. The van der Waals surface area contributed by atoms with Gasteiger partial charge >= 0.3 is 0 Å². The third kappa shape index (κ3) is 4.27. The van der Waals surface area contributed by atoms with Crippen LogP contribution in [-0.4, -0.2) is 50.9 Å². The number of benzene rings is 2. The Morgan fingerprint density at radius 2 is 1.84 bits per heavy atom. The van der Waals surface area contributed by atoms with Gasteiger partial charge in [-0.05, 0) is 42.7 Å². The molecule has 0 radical (unpaired) electrons. The van der Waals surface area contributed by atoms with Crippen LogP contribution in [0.3, 0.4) is 0 Å². The van der Waals surface area contributed by atoms with E-state index in [2.05, 4.69) is 10.2 Å². The minimum absolute atomic E-state index is 0.185. The van der Waals surface area contributed by atoms with Crippen LogP contribution in [0.4, 0.5) is 11.4 Å². The molecule has 7 nitrogen and oxygen atoms in total. The minimum atomic E-state index is -3.63. The average Bonchev–Trinajstić information content (AvgIpc) is 3.44. The van der Waals surface area contributed by atoms with Gasteiger partial charge in [0.2, 0.25) is 10.0 Å². The second kappa shape index (κ2) is 8.88. The summed E-state index contributed by atoms with van der Waals surface area (Å²) in [6.07, 6.45) is 2.02. The maximum absolute atomic E-state index is 13.0. The van der Waals surface area contributed by atoms with Crippen LogP contribution in [0.25, 0.3) is 0 Å². The van der Waals surface area contributed by atoms with Gasteiger partial charge in [-0.3, -0.25) is 4.79 Å². The summed E-state index contributed by atoms with van der Waals surface area (Å²) in [5.41, 5.74) is 2.36. The van der Waals surface area contributed by atoms with Gasteiger partial charge in [-0.2, -0.15) is 4.31 Å². The van der Waals surface area contributed by atoms with Gasteiger partial charge in [-0.15, -0.1) is 0 Å². The highest BCUT2D eigenvalue weighted by molar-refractivity contribution is 7.89. The molecule has 2 aromatic rings. The van der Waals surface area contributed by atoms with E-state index in [1.54, 1.807) is 12.1 Å². The molecule has 31 heavy (non-hydrogen) atoms. The molecule has 0 bridgehead atoms. The maximum atomic E-state index is 13.0. The number of fused-ring (bicyclic) bond motifs is 1.